The van der Waals surface area contributed by atoms with E-state index >= 15 is 0 Å². The van der Waals surface area contributed by atoms with E-state index in [1.165, 1.54) is 0 Å². The van der Waals surface area contributed by atoms with E-state index in [9.17, 15) is 4.39 Å². The van der Waals surface area contributed by atoms with Gasteiger partial charge in [-0.05, 0) is 0 Å². The molecular weight excluding hydrogens is 121 g/mol. The summed E-state index contributed by atoms with van der Waals surface area (Å²) in [6.45, 7) is -0.778. The SMILES string of the molecule is N#Cc1[c]n[c]n1CF. The molecule has 3 nitrogen and oxygen atoms in total. The van der Waals surface area contributed by atoms with Gasteiger partial charge in [-0.1, -0.05) is 0 Å². The third kappa shape index (κ3) is 0.891. The first-order chi connectivity index (χ1) is 4.38. The molecule has 0 aromatic carbocycles. The molecule has 0 atom stereocenters. The minimum Gasteiger partial charge on any atom is -0.283 e. The average Bonchev–Trinajstić information content (AvgIpc) is 2.33. The Morgan fingerprint density at radius 1 is 1.89 bits per heavy atom. The lowest BCUT2D eigenvalue weighted by molar-refractivity contribution is 0.373. The van der Waals surface area contributed by atoms with Gasteiger partial charge in [-0.15, -0.1) is 0 Å². The van der Waals surface area contributed by atoms with Gasteiger partial charge in [-0.3, -0.25) is 4.57 Å². The van der Waals surface area contributed by atoms with Crippen molar-refractivity contribution in [1.29, 1.82) is 5.26 Å². The number of nitrogens with zero attached hydrogens (tertiary/aromatic N) is 3. The first-order valence-corrected chi connectivity index (χ1v) is 2.20. The van der Waals surface area contributed by atoms with Gasteiger partial charge < -0.3 is 0 Å². The second-order valence-corrected chi connectivity index (χ2v) is 1.33. The van der Waals surface area contributed by atoms with Gasteiger partial charge in [-0.2, -0.15) is 5.26 Å². The highest BCUT2D eigenvalue weighted by Gasteiger charge is 1.98. The largest absolute Gasteiger partial charge is 0.283 e. The molecule has 0 N–H and O–H groups in total. The summed E-state index contributed by atoms with van der Waals surface area (Å²) in [4.78, 5) is 3.31. The van der Waals surface area contributed by atoms with Crippen LogP contribution in [0.4, 0.5) is 4.39 Å². The van der Waals surface area contributed by atoms with Crippen LogP contribution in [0.2, 0.25) is 0 Å². The first-order valence-electron chi connectivity index (χ1n) is 2.20. The Balaban J connectivity index is 3.02. The fraction of sp³-hybridized carbons (Fsp3) is 0.200. The Kier molecular flexibility index (Phi) is 1.45. The predicted octanol–water partition coefficient (Wildman–Crippen LogP) is 0.282. The van der Waals surface area contributed by atoms with Crippen molar-refractivity contribution in [2.75, 3.05) is 0 Å². The topological polar surface area (TPSA) is 41.6 Å². The normalized spacial score (nSPS) is 8.89. The fourth-order valence-electron chi connectivity index (χ4n) is 0.421. The van der Waals surface area contributed by atoms with Gasteiger partial charge in [0.25, 0.3) is 0 Å². The zero-order valence-electron chi connectivity index (χ0n) is 4.43. The third-order valence-corrected chi connectivity index (χ3v) is 0.828. The van der Waals surface area contributed by atoms with Crippen molar-refractivity contribution in [3.63, 3.8) is 0 Å². The second kappa shape index (κ2) is 2.27. The summed E-state index contributed by atoms with van der Waals surface area (Å²) in [5.41, 5.74) is 0.0671. The lowest BCUT2D eigenvalue weighted by Crippen LogP contribution is -1.93. The molecule has 0 aliphatic rings. The maximum absolute atomic E-state index is 11.7. The van der Waals surface area contributed by atoms with E-state index in [2.05, 4.69) is 17.5 Å². The Labute approximate surface area is 51.4 Å². The molecule has 0 amide bonds. The highest BCUT2D eigenvalue weighted by molar-refractivity contribution is 5.14. The van der Waals surface area contributed by atoms with Gasteiger partial charge in [0.15, 0.2) is 18.8 Å². The van der Waals surface area contributed by atoms with Crippen LogP contribution in [0.3, 0.4) is 0 Å². The number of nitriles is 1. The number of rotatable bonds is 1. The van der Waals surface area contributed by atoms with E-state index in [0.717, 1.165) is 4.57 Å². The lowest BCUT2D eigenvalue weighted by Gasteiger charge is -1.88. The zero-order valence-corrected chi connectivity index (χ0v) is 4.43. The summed E-state index contributed by atoms with van der Waals surface area (Å²) in [7, 11) is 0. The van der Waals surface area contributed by atoms with Gasteiger partial charge in [-0.25, -0.2) is 9.37 Å². The van der Waals surface area contributed by atoms with Crippen molar-refractivity contribution < 1.29 is 4.39 Å². The molecule has 1 aromatic rings. The summed E-state index contributed by atoms with van der Waals surface area (Å²) in [6.07, 6.45) is 4.48. The van der Waals surface area contributed by atoms with Crippen molar-refractivity contribution in [1.82, 2.24) is 9.55 Å². The number of halogens is 1. The van der Waals surface area contributed by atoms with Crippen molar-refractivity contribution in [3.8, 4) is 6.07 Å². The van der Waals surface area contributed by atoms with Crippen LogP contribution in [0.1, 0.15) is 5.69 Å². The Morgan fingerprint density at radius 2 is 2.67 bits per heavy atom. The van der Waals surface area contributed by atoms with Crippen LogP contribution < -0.4 is 0 Å². The summed E-state index contributed by atoms with van der Waals surface area (Å²) in [6, 6.07) is 1.70. The van der Waals surface area contributed by atoms with E-state index in [1.54, 1.807) is 6.07 Å². The molecule has 1 aromatic heterocycles. The molecular formula is C5H2FN3. The van der Waals surface area contributed by atoms with Crippen LogP contribution in [0, 0.1) is 23.9 Å². The maximum atomic E-state index is 11.7. The van der Waals surface area contributed by atoms with E-state index in [0.29, 0.717) is 0 Å². The first kappa shape index (κ1) is 5.76. The fourth-order valence-corrected chi connectivity index (χ4v) is 0.421. The maximum Gasteiger partial charge on any atom is 0.180 e. The highest BCUT2D eigenvalue weighted by Crippen LogP contribution is 1.93. The Bertz CT molecular complexity index is 235. The van der Waals surface area contributed by atoms with Gasteiger partial charge in [0.1, 0.15) is 12.3 Å². The standard InChI is InChI=1S/C5H2FN3/c6-3-9-4-8-2-5(9)1-7/h3H2. The Morgan fingerprint density at radius 3 is 3.11 bits per heavy atom. The van der Waals surface area contributed by atoms with Crippen LogP contribution in [-0.2, 0) is 6.80 Å². The molecule has 0 aliphatic carbocycles. The summed E-state index contributed by atoms with van der Waals surface area (Å²) in [5.74, 6) is 0. The molecule has 2 radical (unpaired) electrons. The van der Waals surface area contributed by atoms with Crippen molar-refractivity contribution in [2.45, 2.75) is 6.80 Å². The van der Waals surface area contributed by atoms with Crippen molar-refractivity contribution >= 4 is 0 Å². The van der Waals surface area contributed by atoms with E-state index in [4.69, 9.17) is 5.26 Å². The average molecular weight is 123 g/mol. The van der Waals surface area contributed by atoms with E-state index in [1.807, 2.05) is 0 Å². The van der Waals surface area contributed by atoms with Crippen molar-refractivity contribution in [2.24, 2.45) is 0 Å². The molecule has 1 heterocycles. The Hall–Kier alpha value is -1.37. The molecule has 0 saturated carbocycles. The van der Waals surface area contributed by atoms with Gasteiger partial charge in [0.2, 0.25) is 0 Å². The molecule has 1 rings (SSSR count). The number of hydrogen-bond donors (Lipinski definition) is 0. The van der Waals surface area contributed by atoms with Gasteiger partial charge in [0.05, 0.1) is 0 Å². The van der Waals surface area contributed by atoms with Gasteiger partial charge >= 0.3 is 0 Å². The monoisotopic (exact) mass is 123 g/mol. The summed E-state index contributed by atoms with van der Waals surface area (Å²) in [5, 5.41) is 8.21. The molecule has 44 valence electrons. The minimum atomic E-state index is -0.778. The predicted molar refractivity (Wildman–Crippen MR) is 25.7 cm³/mol. The summed E-state index contributed by atoms with van der Waals surface area (Å²) >= 11 is 0. The number of alkyl halides is 1. The quantitative estimate of drug-likeness (QED) is 0.538. The second-order valence-electron chi connectivity index (χ2n) is 1.33. The van der Waals surface area contributed by atoms with Crippen LogP contribution >= 0.6 is 0 Å². The van der Waals surface area contributed by atoms with E-state index < -0.39 is 6.80 Å². The molecule has 0 saturated heterocycles. The van der Waals surface area contributed by atoms with Crippen LogP contribution in [0.5, 0.6) is 0 Å². The number of hydrogen-bond acceptors (Lipinski definition) is 2. The van der Waals surface area contributed by atoms with Gasteiger partial charge in [0, 0.05) is 0 Å². The van der Waals surface area contributed by atoms with Crippen LogP contribution in [-0.4, -0.2) is 9.55 Å². The van der Waals surface area contributed by atoms with Crippen LogP contribution in [0.15, 0.2) is 0 Å². The molecule has 4 heteroatoms. The molecule has 0 aliphatic heterocycles. The molecule has 9 heavy (non-hydrogen) atoms. The van der Waals surface area contributed by atoms with Crippen molar-refractivity contribution in [3.05, 3.63) is 18.2 Å². The highest BCUT2D eigenvalue weighted by atomic mass is 19.1. The lowest BCUT2D eigenvalue weighted by atomic mass is 10.5. The van der Waals surface area contributed by atoms with E-state index in [-0.39, 0.29) is 5.69 Å². The molecule has 0 unspecified atom stereocenters. The summed E-state index contributed by atoms with van der Waals surface area (Å²) < 4.78 is 12.7. The molecule has 0 fully saturated rings. The third-order valence-electron chi connectivity index (χ3n) is 0.828. The zero-order chi connectivity index (χ0) is 6.69. The number of imidazole rings is 1. The van der Waals surface area contributed by atoms with Crippen LogP contribution in [0.25, 0.3) is 0 Å². The molecule has 0 spiro atoms. The smallest absolute Gasteiger partial charge is 0.180 e. The molecule has 0 bridgehead atoms. The number of aromatic nitrogens is 2. The minimum absolute atomic E-state index is 0.0671.